The molecule has 0 bridgehead atoms. The number of aromatic nitrogens is 3. The third-order valence-electron chi connectivity index (χ3n) is 3.34. The summed E-state index contributed by atoms with van der Waals surface area (Å²) in [5.41, 5.74) is 4.11. The molecule has 1 aliphatic rings. The van der Waals surface area contributed by atoms with Crippen LogP contribution >= 0.6 is 22.9 Å². The van der Waals surface area contributed by atoms with Crippen molar-refractivity contribution in [3.8, 4) is 10.6 Å². The van der Waals surface area contributed by atoms with E-state index in [9.17, 15) is 0 Å². The van der Waals surface area contributed by atoms with Gasteiger partial charge >= 0.3 is 0 Å². The number of rotatable bonds is 1. The molecule has 0 amide bonds. The van der Waals surface area contributed by atoms with E-state index in [1.54, 1.807) is 15.9 Å². The predicted octanol–water partition coefficient (Wildman–Crippen LogP) is 3.60. The summed E-state index contributed by atoms with van der Waals surface area (Å²) in [4.78, 5) is 5.82. The minimum Gasteiger partial charge on any atom is -0.233 e. The number of hydrogen-bond acceptors (Lipinski definition) is 3. The molecule has 3 nitrogen and oxygen atoms in total. The minimum absolute atomic E-state index is 0.732. The third kappa shape index (κ3) is 1.42. The highest BCUT2D eigenvalue weighted by molar-refractivity contribution is 7.13. The zero-order valence-electron chi connectivity index (χ0n) is 9.56. The summed E-state index contributed by atoms with van der Waals surface area (Å²) >= 11 is 8.10. The first-order valence-electron chi connectivity index (χ1n) is 5.94. The van der Waals surface area contributed by atoms with Crippen molar-refractivity contribution >= 4 is 28.6 Å². The molecule has 0 saturated carbocycles. The van der Waals surface area contributed by atoms with Gasteiger partial charge in [-0.3, -0.25) is 0 Å². The molecule has 0 atom stereocenters. The Bertz CT molecular complexity index is 730. The fourth-order valence-corrected chi connectivity index (χ4v) is 3.49. The summed E-state index contributed by atoms with van der Waals surface area (Å²) in [6.07, 6.45) is 3.20. The zero-order chi connectivity index (χ0) is 12.1. The maximum absolute atomic E-state index is 6.43. The van der Waals surface area contributed by atoms with E-state index in [1.807, 2.05) is 17.5 Å². The van der Waals surface area contributed by atoms with Gasteiger partial charge in [0.25, 0.3) is 0 Å². The van der Waals surface area contributed by atoms with Crippen LogP contribution in [0.25, 0.3) is 16.2 Å². The molecule has 0 aromatic carbocycles. The highest BCUT2D eigenvalue weighted by Gasteiger charge is 2.20. The molecule has 1 aliphatic carbocycles. The standard InChI is InChI=1S/C13H10ClN3S/c14-13-8-3-1-4-9(8)15-12-7-10(16-17(12)13)11-5-2-6-18-11/h2,5-7H,1,3-4H2. The van der Waals surface area contributed by atoms with Crippen molar-refractivity contribution in [3.05, 3.63) is 40.0 Å². The number of thiophene rings is 1. The van der Waals surface area contributed by atoms with Gasteiger partial charge in [-0.25, -0.2) is 9.50 Å². The molecule has 3 aromatic rings. The average Bonchev–Trinajstić information content (AvgIpc) is 3.08. The highest BCUT2D eigenvalue weighted by Crippen LogP contribution is 2.30. The van der Waals surface area contributed by atoms with E-state index in [0.29, 0.717) is 0 Å². The number of hydrogen-bond donors (Lipinski definition) is 0. The first-order valence-corrected chi connectivity index (χ1v) is 7.19. The average molecular weight is 276 g/mol. The second-order valence-electron chi connectivity index (χ2n) is 4.46. The number of fused-ring (bicyclic) bond motifs is 2. The molecule has 3 aromatic heterocycles. The lowest BCUT2D eigenvalue weighted by Crippen LogP contribution is -1.99. The molecule has 0 fully saturated rings. The Balaban J connectivity index is 1.99. The second kappa shape index (κ2) is 3.80. The lowest BCUT2D eigenvalue weighted by molar-refractivity contribution is 0.901. The summed E-state index contributed by atoms with van der Waals surface area (Å²) in [6, 6.07) is 6.10. The fraction of sp³-hybridized carbons (Fsp3) is 0.231. The molecule has 0 radical (unpaired) electrons. The maximum Gasteiger partial charge on any atom is 0.157 e. The van der Waals surface area contributed by atoms with Crippen molar-refractivity contribution < 1.29 is 0 Å². The van der Waals surface area contributed by atoms with Crippen LogP contribution in [0.3, 0.4) is 0 Å². The van der Waals surface area contributed by atoms with Crippen LogP contribution in [0.4, 0.5) is 0 Å². The Labute approximate surface area is 113 Å². The van der Waals surface area contributed by atoms with Gasteiger partial charge in [0.05, 0.1) is 4.88 Å². The molecule has 18 heavy (non-hydrogen) atoms. The van der Waals surface area contributed by atoms with Crippen LogP contribution in [-0.2, 0) is 12.8 Å². The van der Waals surface area contributed by atoms with Crippen LogP contribution < -0.4 is 0 Å². The van der Waals surface area contributed by atoms with E-state index in [1.165, 1.54) is 5.56 Å². The van der Waals surface area contributed by atoms with Gasteiger partial charge in [-0.05, 0) is 30.7 Å². The Kier molecular flexibility index (Phi) is 2.22. The Morgan fingerprint density at radius 1 is 1.33 bits per heavy atom. The summed E-state index contributed by atoms with van der Waals surface area (Å²) in [6.45, 7) is 0. The molecule has 0 aliphatic heterocycles. The van der Waals surface area contributed by atoms with Crippen molar-refractivity contribution in [1.82, 2.24) is 14.6 Å². The van der Waals surface area contributed by atoms with Crippen molar-refractivity contribution in [2.45, 2.75) is 19.3 Å². The Morgan fingerprint density at radius 3 is 3.11 bits per heavy atom. The molecular formula is C13H10ClN3S. The number of nitrogens with zero attached hydrogens (tertiary/aromatic N) is 3. The van der Waals surface area contributed by atoms with Gasteiger partial charge in [0, 0.05) is 17.3 Å². The highest BCUT2D eigenvalue weighted by atomic mass is 35.5. The SMILES string of the molecule is Clc1c2c(nc3cc(-c4cccs4)nn13)CCC2. The van der Waals surface area contributed by atoms with Crippen LogP contribution in [0.1, 0.15) is 17.7 Å². The lowest BCUT2D eigenvalue weighted by Gasteiger charge is -2.03. The van der Waals surface area contributed by atoms with Crippen LogP contribution in [0.15, 0.2) is 23.6 Å². The van der Waals surface area contributed by atoms with Gasteiger partial charge in [-0.2, -0.15) is 5.10 Å². The van der Waals surface area contributed by atoms with Crippen molar-refractivity contribution in [1.29, 1.82) is 0 Å². The topological polar surface area (TPSA) is 30.2 Å². The predicted molar refractivity (Wildman–Crippen MR) is 73.3 cm³/mol. The van der Waals surface area contributed by atoms with E-state index in [0.717, 1.165) is 46.3 Å². The van der Waals surface area contributed by atoms with Crippen LogP contribution in [0.2, 0.25) is 5.15 Å². The molecule has 3 heterocycles. The van der Waals surface area contributed by atoms with Gasteiger partial charge in [0.2, 0.25) is 0 Å². The van der Waals surface area contributed by atoms with Crippen molar-refractivity contribution in [2.75, 3.05) is 0 Å². The van der Waals surface area contributed by atoms with Gasteiger partial charge in [0.1, 0.15) is 10.8 Å². The lowest BCUT2D eigenvalue weighted by atomic mass is 10.3. The summed E-state index contributed by atoms with van der Waals surface area (Å²) in [7, 11) is 0. The molecular weight excluding hydrogens is 266 g/mol. The first-order chi connectivity index (χ1) is 8.83. The largest absolute Gasteiger partial charge is 0.233 e. The minimum atomic E-state index is 0.732. The van der Waals surface area contributed by atoms with Crippen LogP contribution in [0, 0.1) is 0 Å². The monoisotopic (exact) mass is 275 g/mol. The second-order valence-corrected chi connectivity index (χ2v) is 5.76. The van der Waals surface area contributed by atoms with Gasteiger partial charge < -0.3 is 0 Å². The summed E-state index contributed by atoms with van der Waals surface area (Å²) < 4.78 is 1.76. The van der Waals surface area contributed by atoms with Crippen molar-refractivity contribution in [2.24, 2.45) is 0 Å². The normalized spacial score (nSPS) is 14.3. The quantitative estimate of drug-likeness (QED) is 0.635. The number of aryl methyl sites for hydroxylation is 1. The zero-order valence-corrected chi connectivity index (χ0v) is 11.1. The van der Waals surface area contributed by atoms with E-state index in [2.05, 4.69) is 16.1 Å². The third-order valence-corrected chi connectivity index (χ3v) is 4.62. The number of halogens is 1. The van der Waals surface area contributed by atoms with Crippen LogP contribution in [0.5, 0.6) is 0 Å². The van der Waals surface area contributed by atoms with Crippen molar-refractivity contribution in [3.63, 3.8) is 0 Å². The molecule has 0 saturated heterocycles. The van der Waals surface area contributed by atoms with E-state index < -0.39 is 0 Å². The van der Waals surface area contributed by atoms with E-state index in [4.69, 9.17) is 11.6 Å². The van der Waals surface area contributed by atoms with E-state index >= 15 is 0 Å². The maximum atomic E-state index is 6.43. The van der Waals surface area contributed by atoms with Gasteiger partial charge in [-0.1, -0.05) is 17.7 Å². The van der Waals surface area contributed by atoms with Gasteiger partial charge in [0.15, 0.2) is 5.65 Å². The van der Waals surface area contributed by atoms with Gasteiger partial charge in [-0.15, -0.1) is 11.3 Å². The Morgan fingerprint density at radius 2 is 2.28 bits per heavy atom. The smallest absolute Gasteiger partial charge is 0.157 e. The molecule has 4 rings (SSSR count). The molecule has 0 spiro atoms. The van der Waals surface area contributed by atoms with Crippen LogP contribution in [-0.4, -0.2) is 14.6 Å². The molecule has 0 unspecified atom stereocenters. The molecule has 90 valence electrons. The Hall–Kier alpha value is -1.39. The summed E-state index contributed by atoms with van der Waals surface area (Å²) in [5, 5.41) is 7.35. The fourth-order valence-electron chi connectivity index (χ4n) is 2.48. The molecule has 0 N–H and O–H groups in total. The first kappa shape index (κ1) is 10.5. The van der Waals surface area contributed by atoms with E-state index in [-0.39, 0.29) is 0 Å². The molecule has 5 heteroatoms. The summed E-state index contributed by atoms with van der Waals surface area (Å²) in [5.74, 6) is 0.